The Hall–Kier alpha value is -0.170. The molecule has 0 aromatic carbocycles. The van der Waals surface area contributed by atoms with E-state index in [2.05, 4.69) is 10.0 Å². The average molecular weight is 238 g/mol. The van der Waals surface area contributed by atoms with Gasteiger partial charge in [0.05, 0.1) is 6.26 Å². The Bertz CT molecular complexity index is 230. The van der Waals surface area contributed by atoms with Crippen LogP contribution < -0.4 is 10.0 Å². The molecule has 0 saturated heterocycles. The Morgan fingerprint density at radius 3 is 2.27 bits per heavy atom. The first-order chi connectivity index (χ1) is 7.06. The van der Waals surface area contributed by atoms with Crippen molar-refractivity contribution in [3.63, 3.8) is 0 Å². The van der Waals surface area contributed by atoms with Gasteiger partial charge in [0.25, 0.3) is 0 Å². The quantitative estimate of drug-likeness (QED) is 0.456. The second-order valence-electron chi connectivity index (χ2n) is 3.55. The minimum atomic E-state index is -3.03. The van der Waals surface area contributed by atoms with Crippen LogP contribution >= 0.6 is 0 Å². The molecule has 15 heavy (non-hydrogen) atoms. The van der Waals surface area contributed by atoms with E-state index in [0.29, 0.717) is 6.54 Å². The molecule has 0 atom stereocenters. The molecule has 0 fully saturated rings. The summed E-state index contributed by atoms with van der Waals surface area (Å²) in [7, 11) is -3.03. The molecule has 0 bridgehead atoms. The third kappa shape index (κ3) is 13.8. The van der Waals surface area contributed by atoms with Crippen LogP contribution in [0.3, 0.4) is 0 Å². The topological polar surface area (TPSA) is 78.4 Å². The first-order valence-corrected chi connectivity index (χ1v) is 7.21. The number of unbranched alkanes of at least 4 members (excludes halogenated alkanes) is 2. The second-order valence-corrected chi connectivity index (χ2v) is 5.39. The van der Waals surface area contributed by atoms with Crippen molar-refractivity contribution in [1.82, 2.24) is 10.0 Å². The SMILES string of the molecule is CS(=O)(=O)NCCCNCCCCCO. The summed E-state index contributed by atoms with van der Waals surface area (Å²) in [4.78, 5) is 0. The van der Waals surface area contributed by atoms with Gasteiger partial charge in [-0.15, -0.1) is 0 Å². The molecular formula is C9H22N2O3S. The van der Waals surface area contributed by atoms with E-state index >= 15 is 0 Å². The highest BCUT2D eigenvalue weighted by Gasteiger charge is 1.97. The number of aliphatic hydroxyl groups is 1. The normalized spacial score (nSPS) is 11.9. The van der Waals surface area contributed by atoms with Crippen LogP contribution in [-0.4, -0.2) is 46.0 Å². The summed E-state index contributed by atoms with van der Waals surface area (Å²) in [6, 6.07) is 0. The minimum absolute atomic E-state index is 0.262. The van der Waals surface area contributed by atoms with Gasteiger partial charge in [-0.05, 0) is 38.8 Å². The number of hydrogen-bond acceptors (Lipinski definition) is 4. The Balaban J connectivity index is 3.06. The molecule has 0 aromatic heterocycles. The summed E-state index contributed by atoms with van der Waals surface area (Å²) >= 11 is 0. The Labute approximate surface area is 92.3 Å². The summed E-state index contributed by atoms with van der Waals surface area (Å²) in [5, 5.41) is 11.7. The molecule has 0 rings (SSSR count). The lowest BCUT2D eigenvalue weighted by molar-refractivity contribution is 0.283. The summed E-state index contributed by atoms with van der Waals surface area (Å²) in [6.45, 7) is 2.50. The first kappa shape index (κ1) is 14.8. The van der Waals surface area contributed by atoms with Gasteiger partial charge >= 0.3 is 0 Å². The molecule has 0 aliphatic heterocycles. The summed E-state index contributed by atoms with van der Waals surface area (Å²) in [5.41, 5.74) is 0. The van der Waals surface area contributed by atoms with E-state index in [1.807, 2.05) is 0 Å². The molecule has 5 nitrogen and oxygen atoms in total. The predicted octanol–water partition coefficient (Wildman–Crippen LogP) is -0.322. The van der Waals surface area contributed by atoms with Crippen LogP contribution in [0.2, 0.25) is 0 Å². The van der Waals surface area contributed by atoms with E-state index < -0.39 is 10.0 Å². The van der Waals surface area contributed by atoms with E-state index in [-0.39, 0.29) is 6.61 Å². The van der Waals surface area contributed by atoms with Crippen molar-refractivity contribution in [1.29, 1.82) is 0 Å². The highest BCUT2D eigenvalue weighted by Crippen LogP contribution is 1.91. The third-order valence-corrected chi connectivity index (χ3v) is 2.63. The Kier molecular flexibility index (Phi) is 8.98. The number of sulfonamides is 1. The van der Waals surface area contributed by atoms with Crippen LogP contribution in [0.1, 0.15) is 25.7 Å². The fourth-order valence-corrected chi connectivity index (χ4v) is 1.65. The molecule has 0 amide bonds. The van der Waals surface area contributed by atoms with Gasteiger partial charge in [0.15, 0.2) is 0 Å². The predicted molar refractivity (Wildman–Crippen MR) is 61.3 cm³/mol. The van der Waals surface area contributed by atoms with E-state index in [4.69, 9.17) is 5.11 Å². The van der Waals surface area contributed by atoms with Gasteiger partial charge in [-0.3, -0.25) is 0 Å². The number of aliphatic hydroxyl groups excluding tert-OH is 1. The molecule has 0 aliphatic carbocycles. The van der Waals surface area contributed by atoms with Crippen molar-refractivity contribution in [2.24, 2.45) is 0 Å². The largest absolute Gasteiger partial charge is 0.396 e. The lowest BCUT2D eigenvalue weighted by Crippen LogP contribution is -2.26. The zero-order chi connectivity index (χ0) is 11.6. The van der Waals surface area contributed by atoms with Crippen molar-refractivity contribution in [2.75, 3.05) is 32.5 Å². The monoisotopic (exact) mass is 238 g/mol. The zero-order valence-electron chi connectivity index (χ0n) is 9.33. The van der Waals surface area contributed by atoms with Gasteiger partial charge in [-0.2, -0.15) is 0 Å². The van der Waals surface area contributed by atoms with Gasteiger partial charge in [0.2, 0.25) is 10.0 Å². The standard InChI is InChI=1S/C9H22N2O3S/c1-15(13,14)11-8-5-7-10-6-3-2-4-9-12/h10-12H,2-9H2,1H3. The molecule has 6 heteroatoms. The molecule has 0 radical (unpaired) electrons. The minimum Gasteiger partial charge on any atom is -0.396 e. The van der Waals surface area contributed by atoms with Gasteiger partial charge < -0.3 is 10.4 Å². The number of nitrogens with one attached hydrogen (secondary N) is 2. The van der Waals surface area contributed by atoms with E-state index in [0.717, 1.165) is 45.0 Å². The van der Waals surface area contributed by atoms with Gasteiger partial charge in [-0.25, -0.2) is 13.1 Å². The van der Waals surface area contributed by atoms with Crippen LogP contribution in [0, 0.1) is 0 Å². The van der Waals surface area contributed by atoms with E-state index in [1.54, 1.807) is 0 Å². The first-order valence-electron chi connectivity index (χ1n) is 5.32. The summed E-state index contributed by atoms with van der Waals surface area (Å²) in [6.07, 6.45) is 4.91. The average Bonchev–Trinajstić information content (AvgIpc) is 2.14. The van der Waals surface area contributed by atoms with Crippen molar-refractivity contribution >= 4 is 10.0 Å². The molecule has 0 heterocycles. The van der Waals surface area contributed by atoms with Crippen LogP contribution in [0.5, 0.6) is 0 Å². The fourth-order valence-electron chi connectivity index (χ4n) is 1.13. The highest BCUT2D eigenvalue weighted by molar-refractivity contribution is 7.88. The number of rotatable bonds is 10. The molecule has 3 N–H and O–H groups in total. The molecular weight excluding hydrogens is 216 g/mol. The maximum atomic E-state index is 10.7. The molecule has 92 valence electrons. The second kappa shape index (κ2) is 9.08. The van der Waals surface area contributed by atoms with Crippen LogP contribution in [0.25, 0.3) is 0 Å². The number of hydrogen-bond donors (Lipinski definition) is 3. The van der Waals surface area contributed by atoms with E-state index in [1.165, 1.54) is 0 Å². The van der Waals surface area contributed by atoms with Crippen molar-refractivity contribution in [3.05, 3.63) is 0 Å². The summed E-state index contributed by atoms with van der Waals surface area (Å²) < 4.78 is 23.8. The summed E-state index contributed by atoms with van der Waals surface area (Å²) in [5.74, 6) is 0. The zero-order valence-corrected chi connectivity index (χ0v) is 10.1. The highest BCUT2D eigenvalue weighted by atomic mass is 32.2. The fraction of sp³-hybridized carbons (Fsp3) is 1.00. The molecule has 0 aliphatic rings. The van der Waals surface area contributed by atoms with E-state index in [9.17, 15) is 8.42 Å². The Morgan fingerprint density at radius 2 is 1.67 bits per heavy atom. The smallest absolute Gasteiger partial charge is 0.208 e. The van der Waals surface area contributed by atoms with Crippen LogP contribution in [0.15, 0.2) is 0 Å². The molecule has 0 aromatic rings. The lowest BCUT2D eigenvalue weighted by Gasteiger charge is -2.04. The molecule has 0 spiro atoms. The van der Waals surface area contributed by atoms with Crippen LogP contribution in [-0.2, 0) is 10.0 Å². The maximum absolute atomic E-state index is 10.7. The third-order valence-electron chi connectivity index (χ3n) is 1.91. The Morgan fingerprint density at radius 1 is 1.00 bits per heavy atom. The van der Waals surface area contributed by atoms with Crippen LogP contribution in [0.4, 0.5) is 0 Å². The van der Waals surface area contributed by atoms with Crippen molar-refractivity contribution in [3.8, 4) is 0 Å². The van der Waals surface area contributed by atoms with Gasteiger partial charge in [-0.1, -0.05) is 0 Å². The van der Waals surface area contributed by atoms with Crippen molar-refractivity contribution in [2.45, 2.75) is 25.7 Å². The maximum Gasteiger partial charge on any atom is 0.208 e. The van der Waals surface area contributed by atoms with Gasteiger partial charge in [0, 0.05) is 13.2 Å². The van der Waals surface area contributed by atoms with Gasteiger partial charge in [0.1, 0.15) is 0 Å². The molecule has 0 saturated carbocycles. The van der Waals surface area contributed by atoms with Crippen molar-refractivity contribution < 1.29 is 13.5 Å². The lowest BCUT2D eigenvalue weighted by atomic mass is 10.2. The molecule has 0 unspecified atom stereocenters.